The third-order valence-electron chi connectivity index (χ3n) is 3.06. The highest BCUT2D eigenvalue weighted by molar-refractivity contribution is 14.1. The van der Waals surface area contributed by atoms with Crippen LogP contribution in [0.25, 0.3) is 0 Å². The fourth-order valence-electron chi connectivity index (χ4n) is 2.23. The third-order valence-corrected chi connectivity index (χ3v) is 3.68. The van der Waals surface area contributed by atoms with E-state index in [9.17, 15) is 14.3 Å². The van der Waals surface area contributed by atoms with Crippen LogP contribution in [-0.4, -0.2) is 11.0 Å². The highest BCUT2D eigenvalue weighted by atomic mass is 127. The van der Waals surface area contributed by atoms with E-state index in [1.165, 1.54) is 17.0 Å². The predicted molar refractivity (Wildman–Crippen MR) is 77.3 cm³/mol. The van der Waals surface area contributed by atoms with Crippen LogP contribution < -0.4 is 4.90 Å². The lowest BCUT2D eigenvalue weighted by atomic mass is 10.1. The first-order chi connectivity index (χ1) is 9.08. The molecule has 2 aromatic carbocycles. The van der Waals surface area contributed by atoms with E-state index in [2.05, 4.69) is 0 Å². The maximum absolute atomic E-state index is 13.4. The summed E-state index contributed by atoms with van der Waals surface area (Å²) < 4.78 is 14.1. The molecular weight excluding hydrogens is 360 g/mol. The van der Waals surface area contributed by atoms with Crippen LogP contribution in [0.4, 0.5) is 10.1 Å². The largest absolute Gasteiger partial charge is 0.369 e. The molecule has 1 aliphatic heterocycles. The molecule has 0 spiro atoms. The molecule has 3 rings (SSSR count). The van der Waals surface area contributed by atoms with E-state index in [4.69, 9.17) is 0 Å². The van der Waals surface area contributed by atoms with Gasteiger partial charge in [0.2, 0.25) is 0 Å². The van der Waals surface area contributed by atoms with Gasteiger partial charge >= 0.3 is 0 Å². The van der Waals surface area contributed by atoms with Crippen LogP contribution in [0.5, 0.6) is 0 Å². The summed E-state index contributed by atoms with van der Waals surface area (Å²) in [6.45, 7) is 0. The Balaban J connectivity index is 2.11. The Hall–Kier alpha value is -1.47. The molecule has 19 heavy (non-hydrogen) atoms. The minimum atomic E-state index is -1.07. The van der Waals surface area contributed by atoms with Gasteiger partial charge in [0.15, 0.2) is 6.23 Å². The second-order valence-corrected chi connectivity index (χ2v) is 5.51. The molecule has 0 saturated heterocycles. The molecule has 1 atom stereocenters. The van der Waals surface area contributed by atoms with Crippen molar-refractivity contribution in [2.45, 2.75) is 6.23 Å². The lowest BCUT2D eigenvalue weighted by Crippen LogP contribution is -2.27. The number of carbonyl (C=O) groups excluding carboxylic acids is 1. The van der Waals surface area contributed by atoms with Crippen LogP contribution >= 0.6 is 22.6 Å². The van der Waals surface area contributed by atoms with Crippen molar-refractivity contribution in [1.82, 2.24) is 0 Å². The van der Waals surface area contributed by atoms with E-state index in [0.717, 1.165) is 0 Å². The molecule has 0 aliphatic carbocycles. The standard InChI is InChI=1S/C14H9FINO2/c15-8-5-9(16)7-10(6-8)17-13(18)11-3-1-2-4-12(11)14(17)19/h1-7,13,18H. The van der Waals surface area contributed by atoms with Gasteiger partial charge < -0.3 is 5.11 Å². The van der Waals surface area contributed by atoms with Crippen LogP contribution in [0.15, 0.2) is 42.5 Å². The van der Waals surface area contributed by atoms with E-state index < -0.39 is 12.0 Å². The number of fused-ring (bicyclic) bond motifs is 1. The number of carbonyl (C=O) groups is 1. The van der Waals surface area contributed by atoms with Gasteiger partial charge in [0, 0.05) is 14.7 Å². The van der Waals surface area contributed by atoms with Crippen molar-refractivity contribution in [1.29, 1.82) is 0 Å². The normalized spacial score (nSPS) is 17.7. The molecule has 0 aromatic heterocycles. The van der Waals surface area contributed by atoms with Crippen LogP contribution in [0, 0.1) is 9.39 Å². The van der Waals surface area contributed by atoms with Gasteiger partial charge in [-0.1, -0.05) is 18.2 Å². The second kappa shape index (κ2) is 4.57. The molecule has 1 amide bonds. The highest BCUT2D eigenvalue weighted by Gasteiger charge is 2.36. The summed E-state index contributed by atoms with van der Waals surface area (Å²) in [5.41, 5.74) is 1.36. The van der Waals surface area contributed by atoms with Crippen LogP contribution in [0.1, 0.15) is 22.1 Å². The Morgan fingerprint density at radius 3 is 2.63 bits per heavy atom. The molecule has 0 bridgehead atoms. The fraction of sp³-hybridized carbons (Fsp3) is 0.0714. The van der Waals surface area contributed by atoms with Gasteiger partial charge in [-0.25, -0.2) is 4.39 Å². The Labute approximate surface area is 122 Å². The minimum absolute atomic E-state index is 0.315. The zero-order valence-corrected chi connectivity index (χ0v) is 11.8. The zero-order valence-electron chi connectivity index (χ0n) is 9.68. The number of anilines is 1. The fourth-order valence-corrected chi connectivity index (χ4v) is 2.85. The third kappa shape index (κ3) is 2.02. The molecule has 1 aliphatic rings. The van der Waals surface area contributed by atoms with Crippen LogP contribution in [0.3, 0.4) is 0 Å². The van der Waals surface area contributed by atoms with Crippen molar-refractivity contribution >= 4 is 34.2 Å². The summed E-state index contributed by atoms with van der Waals surface area (Å²) in [4.78, 5) is 13.5. The molecule has 0 saturated carbocycles. The molecular formula is C14H9FINO2. The van der Waals surface area contributed by atoms with Gasteiger partial charge in [-0.2, -0.15) is 0 Å². The summed E-state index contributed by atoms with van der Waals surface area (Å²) in [5.74, 6) is -0.748. The highest BCUT2D eigenvalue weighted by Crippen LogP contribution is 2.36. The first-order valence-electron chi connectivity index (χ1n) is 5.64. The summed E-state index contributed by atoms with van der Waals surface area (Å²) in [5, 5.41) is 10.2. The van der Waals surface area contributed by atoms with E-state index in [1.54, 1.807) is 30.3 Å². The number of amides is 1. The summed E-state index contributed by atoms with van der Waals surface area (Å²) in [6, 6.07) is 11.1. The average molecular weight is 369 g/mol. The number of benzene rings is 2. The zero-order chi connectivity index (χ0) is 13.6. The van der Waals surface area contributed by atoms with E-state index in [-0.39, 0.29) is 5.91 Å². The number of halogens is 2. The maximum atomic E-state index is 13.4. The lowest BCUT2D eigenvalue weighted by Gasteiger charge is -2.21. The quantitative estimate of drug-likeness (QED) is 0.785. The number of aliphatic hydroxyl groups excluding tert-OH is 1. The lowest BCUT2D eigenvalue weighted by molar-refractivity contribution is 0.0935. The molecule has 5 heteroatoms. The molecule has 0 radical (unpaired) electrons. The van der Waals surface area contributed by atoms with Crippen molar-refractivity contribution in [2.75, 3.05) is 4.90 Å². The Kier molecular flexibility index (Phi) is 3.02. The first-order valence-corrected chi connectivity index (χ1v) is 6.72. The Morgan fingerprint density at radius 1 is 1.21 bits per heavy atom. The number of hydrogen-bond donors (Lipinski definition) is 1. The molecule has 2 aromatic rings. The Morgan fingerprint density at radius 2 is 1.95 bits per heavy atom. The molecule has 0 fully saturated rings. The molecule has 1 N–H and O–H groups in total. The molecule has 3 nitrogen and oxygen atoms in total. The predicted octanol–water partition coefficient (Wildman–Crippen LogP) is 3.08. The summed E-state index contributed by atoms with van der Waals surface area (Å²) >= 11 is 1.97. The SMILES string of the molecule is O=C1c2ccccc2C(O)N1c1cc(F)cc(I)c1. The second-order valence-electron chi connectivity index (χ2n) is 4.26. The summed E-state index contributed by atoms with van der Waals surface area (Å²) in [7, 11) is 0. The van der Waals surface area contributed by atoms with Crippen molar-refractivity contribution in [3.8, 4) is 0 Å². The van der Waals surface area contributed by atoms with Crippen LogP contribution in [0.2, 0.25) is 0 Å². The number of aliphatic hydroxyl groups is 1. The van der Waals surface area contributed by atoms with Crippen molar-refractivity contribution in [2.24, 2.45) is 0 Å². The molecule has 1 heterocycles. The van der Waals surface area contributed by atoms with Gasteiger partial charge in [0.25, 0.3) is 5.91 Å². The van der Waals surface area contributed by atoms with Gasteiger partial charge in [0.1, 0.15) is 5.82 Å². The van der Waals surface area contributed by atoms with Crippen LogP contribution in [-0.2, 0) is 0 Å². The topological polar surface area (TPSA) is 40.5 Å². The van der Waals surface area contributed by atoms with Gasteiger partial charge in [-0.15, -0.1) is 0 Å². The number of hydrogen-bond acceptors (Lipinski definition) is 2. The average Bonchev–Trinajstić information content (AvgIpc) is 2.61. The molecule has 1 unspecified atom stereocenters. The maximum Gasteiger partial charge on any atom is 0.261 e. The van der Waals surface area contributed by atoms with Gasteiger partial charge in [-0.05, 0) is 46.9 Å². The van der Waals surface area contributed by atoms with Crippen molar-refractivity contribution in [3.63, 3.8) is 0 Å². The van der Waals surface area contributed by atoms with E-state index >= 15 is 0 Å². The molecule has 96 valence electrons. The van der Waals surface area contributed by atoms with E-state index in [0.29, 0.717) is 20.4 Å². The number of nitrogens with zero attached hydrogens (tertiary/aromatic N) is 1. The van der Waals surface area contributed by atoms with Crippen molar-refractivity contribution < 1.29 is 14.3 Å². The monoisotopic (exact) mass is 369 g/mol. The first kappa shape index (κ1) is 12.6. The number of rotatable bonds is 1. The summed E-state index contributed by atoms with van der Waals surface area (Å²) in [6.07, 6.45) is -1.07. The van der Waals surface area contributed by atoms with Crippen molar-refractivity contribution in [3.05, 3.63) is 63.0 Å². The minimum Gasteiger partial charge on any atom is -0.369 e. The Bertz CT molecular complexity index is 654. The van der Waals surface area contributed by atoms with Gasteiger partial charge in [0.05, 0.1) is 5.69 Å². The van der Waals surface area contributed by atoms with Gasteiger partial charge in [-0.3, -0.25) is 9.69 Å². The smallest absolute Gasteiger partial charge is 0.261 e. The van der Waals surface area contributed by atoms with E-state index in [1.807, 2.05) is 22.6 Å².